The number of hydrogen-bond donors (Lipinski definition) is 3. The number of piperidine rings is 1. The van der Waals surface area contributed by atoms with Crippen molar-refractivity contribution in [3.63, 3.8) is 0 Å². The predicted molar refractivity (Wildman–Crippen MR) is 69.7 cm³/mol. The number of aliphatic carboxylic acids is 1. The smallest absolute Gasteiger partial charge is 0.321 e. The van der Waals surface area contributed by atoms with Gasteiger partial charge in [-0.15, -0.1) is 0 Å². The molecule has 0 aliphatic carbocycles. The molecule has 2 unspecified atom stereocenters. The van der Waals surface area contributed by atoms with Crippen LogP contribution in [-0.2, 0) is 15.0 Å². The number of aliphatic hydroxyl groups is 1. The first-order valence-corrected chi connectivity index (χ1v) is 7.81. The molecule has 0 bridgehead atoms. The van der Waals surface area contributed by atoms with Gasteiger partial charge in [-0.1, -0.05) is 13.8 Å². The topological polar surface area (TPSA) is 107 Å². The van der Waals surface area contributed by atoms with E-state index in [-0.39, 0.29) is 24.9 Å². The molecule has 1 fully saturated rings. The lowest BCUT2D eigenvalue weighted by molar-refractivity contribution is -0.139. The number of carbonyl (C=O) groups is 1. The summed E-state index contributed by atoms with van der Waals surface area (Å²) in [5.74, 6) is -0.779. The highest BCUT2D eigenvalue weighted by Crippen LogP contribution is 2.22. The molecule has 3 N–H and O–H groups in total. The van der Waals surface area contributed by atoms with Crippen molar-refractivity contribution in [2.45, 2.75) is 32.7 Å². The molecule has 1 heterocycles. The largest absolute Gasteiger partial charge is 0.480 e. The maximum atomic E-state index is 12.1. The van der Waals surface area contributed by atoms with Crippen LogP contribution in [0.3, 0.4) is 0 Å². The van der Waals surface area contributed by atoms with E-state index in [0.717, 1.165) is 6.42 Å². The lowest BCUT2D eigenvalue weighted by Gasteiger charge is -2.34. The van der Waals surface area contributed by atoms with Crippen LogP contribution >= 0.6 is 0 Å². The van der Waals surface area contributed by atoms with Gasteiger partial charge in [0.25, 0.3) is 10.2 Å². The van der Waals surface area contributed by atoms with Crippen LogP contribution in [0.2, 0.25) is 0 Å². The van der Waals surface area contributed by atoms with E-state index < -0.39 is 22.2 Å². The quantitative estimate of drug-likeness (QED) is 0.620. The average molecular weight is 294 g/mol. The molecular weight excluding hydrogens is 272 g/mol. The van der Waals surface area contributed by atoms with E-state index in [9.17, 15) is 13.2 Å². The van der Waals surface area contributed by atoms with Gasteiger partial charge in [-0.3, -0.25) is 4.79 Å². The van der Waals surface area contributed by atoms with E-state index in [2.05, 4.69) is 4.72 Å². The lowest BCUT2D eigenvalue weighted by Crippen LogP contribution is -2.52. The van der Waals surface area contributed by atoms with Crippen molar-refractivity contribution in [2.75, 3.05) is 19.7 Å². The fourth-order valence-corrected chi connectivity index (χ4v) is 4.05. The van der Waals surface area contributed by atoms with Crippen molar-refractivity contribution in [3.8, 4) is 0 Å². The van der Waals surface area contributed by atoms with Crippen molar-refractivity contribution in [1.29, 1.82) is 0 Å². The van der Waals surface area contributed by atoms with Crippen LogP contribution in [0.15, 0.2) is 0 Å². The summed E-state index contributed by atoms with van der Waals surface area (Å²) in [5, 5.41) is 17.7. The molecule has 0 spiro atoms. The molecule has 0 saturated carbocycles. The predicted octanol–water partition coefficient (Wildman–Crippen LogP) is -0.366. The molecule has 1 aliphatic rings. The Balaban J connectivity index is 2.76. The van der Waals surface area contributed by atoms with E-state index in [1.54, 1.807) is 0 Å². The molecule has 112 valence electrons. The summed E-state index contributed by atoms with van der Waals surface area (Å²) in [6, 6.07) is -1.29. The van der Waals surface area contributed by atoms with Gasteiger partial charge in [-0.25, -0.2) is 0 Å². The first-order valence-electron chi connectivity index (χ1n) is 6.37. The summed E-state index contributed by atoms with van der Waals surface area (Å²) < 4.78 is 27.7. The number of carboxylic acids is 1. The lowest BCUT2D eigenvalue weighted by atomic mass is 9.94. The molecule has 0 aromatic carbocycles. The van der Waals surface area contributed by atoms with Crippen LogP contribution < -0.4 is 4.72 Å². The minimum absolute atomic E-state index is 0.145. The van der Waals surface area contributed by atoms with Gasteiger partial charge in [0.1, 0.15) is 6.04 Å². The van der Waals surface area contributed by atoms with Crippen LogP contribution in [0.25, 0.3) is 0 Å². The van der Waals surface area contributed by atoms with E-state index in [1.807, 2.05) is 13.8 Å². The fraction of sp³-hybridized carbons (Fsp3) is 0.909. The van der Waals surface area contributed by atoms with Gasteiger partial charge in [0.2, 0.25) is 0 Å². The number of rotatable bonds is 6. The average Bonchev–Trinajstić information content (AvgIpc) is 2.26. The molecular formula is C11H22N2O5S. The Kier molecular flexibility index (Phi) is 5.72. The maximum Gasteiger partial charge on any atom is 0.321 e. The summed E-state index contributed by atoms with van der Waals surface area (Å²) in [7, 11) is -3.82. The monoisotopic (exact) mass is 294 g/mol. The standard InChI is InChI=1S/C11H22N2O5S/c1-8-5-9(2)7-13(6-8)19(17,18)12-10(3-4-14)11(15)16/h8-10,12,14H,3-7H2,1-2H3,(H,15,16)/t8?,9?,10-/m0/s1. The van der Waals surface area contributed by atoms with Crippen LogP contribution in [0.1, 0.15) is 26.7 Å². The van der Waals surface area contributed by atoms with Crippen LogP contribution in [0.5, 0.6) is 0 Å². The molecule has 8 heteroatoms. The van der Waals surface area contributed by atoms with E-state index >= 15 is 0 Å². The van der Waals surface area contributed by atoms with Crippen molar-refractivity contribution >= 4 is 16.2 Å². The van der Waals surface area contributed by atoms with Crippen LogP contribution in [-0.4, -0.2) is 54.6 Å². The number of nitrogens with one attached hydrogen (secondary N) is 1. The Hall–Kier alpha value is -0.700. The third kappa shape index (κ3) is 4.72. The van der Waals surface area contributed by atoms with E-state index in [1.165, 1.54) is 4.31 Å². The highest BCUT2D eigenvalue weighted by atomic mass is 32.2. The zero-order valence-electron chi connectivity index (χ0n) is 11.2. The number of carboxylic acid groups (broad SMARTS) is 1. The Labute approximate surface area is 113 Å². The molecule has 7 nitrogen and oxygen atoms in total. The van der Waals surface area contributed by atoms with Gasteiger partial charge in [-0.05, 0) is 24.7 Å². The first kappa shape index (κ1) is 16.4. The van der Waals surface area contributed by atoms with Gasteiger partial charge in [0.05, 0.1) is 0 Å². The Bertz CT molecular complexity index is 401. The molecule has 0 aromatic rings. The van der Waals surface area contributed by atoms with Crippen molar-refractivity contribution in [3.05, 3.63) is 0 Å². The van der Waals surface area contributed by atoms with Gasteiger partial charge in [0.15, 0.2) is 0 Å². The molecule has 0 aromatic heterocycles. The van der Waals surface area contributed by atoms with Crippen molar-refractivity contribution in [2.24, 2.45) is 11.8 Å². The molecule has 0 radical (unpaired) electrons. The Morgan fingerprint density at radius 3 is 2.32 bits per heavy atom. The van der Waals surface area contributed by atoms with Crippen molar-refractivity contribution in [1.82, 2.24) is 9.03 Å². The summed E-state index contributed by atoms with van der Waals surface area (Å²) in [6.45, 7) is 4.35. The van der Waals surface area contributed by atoms with Gasteiger partial charge in [0, 0.05) is 19.7 Å². The molecule has 19 heavy (non-hydrogen) atoms. The number of nitrogens with zero attached hydrogens (tertiary/aromatic N) is 1. The first-order chi connectivity index (χ1) is 8.76. The maximum absolute atomic E-state index is 12.1. The zero-order chi connectivity index (χ0) is 14.6. The summed E-state index contributed by atoms with van der Waals surface area (Å²) >= 11 is 0. The second-order valence-electron chi connectivity index (χ2n) is 5.29. The van der Waals surface area contributed by atoms with Gasteiger partial charge >= 0.3 is 5.97 Å². The third-order valence-corrected chi connectivity index (χ3v) is 4.74. The highest BCUT2D eigenvalue weighted by molar-refractivity contribution is 7.87. The number of aliphatic hydroxyl groups excluding tert-OH is 1. The summed E-state index contributed by atoms with van der Waals surface area (Å²) in [5.41, 5.74) is 0. The Morgan fingerprint density at radius 1 is 1.37 bits per heavy atom. The third-order valence-electron chi connectivity index (χ3n) is 3.18. The van der Waals surface area contributed by atoms with Crippen molar-refractivity contribution < 1.29 is 23.4 Å². The van der Waals surface area contributed by atoms with Crippen LogP contribution in [0.4, 0.5) is 0 Å². The molecule has 1 aliphatic heterocycles. The number of hydrogen-bond acceptors (Lipinski definition) is 4. The molecule has 3 atom stereocenters. The summed E-state index contributed by atoms with van der Waals surface area (Å²) in [4.78, 5) is 10.9. The molecule has 1 saturated heterocycles. The zero-order valence-corrected chi connectivity index (χ0v) is 12.1. The van der Waals surface area contributed by atoms with E-state index in [4.69, 9.17) is 10.2 Å². The molecule has 0 amide bonds. The normalized spacial score (nSPS) is 27.1. The van der Waals surface area contributed by atoms with Gasteiger partial charge < -0.3 is 10.2 Å². The fourth-order valence-electron chi connectivity index (χ4n) is 2.42. The van der Waals surface area contributed by atoms with Gasteiger partial charge in [-0.2, -0.15) is 17.4 Å². The Morgan fingerprint density at radius 2 is 1.89 bits per heavy atom. The van der Waals surface area contributed by atoms with Crippen LogP contribution in [0, 0.1) is 11.8 Å². The highest BCUT2D eigenvalue weighted by Gasteiger charge is 2.33. The second-order valence-corrected chi connectivity index (χ2v) is 6.99. The van der Waals surface area contributed by atoms with E-state index in [0.29, 0.717) is 13.1 Å². The minimum Gasteiger partial charge on any atom is -0.480 e. The second kappa shape index (κ2) is 6.65. The summed E-state index contributed by atoms with van der Waals surface area (Å²) in [6.07, 6.45) is 0.818. The molecule has 1 rings (SSSR count). The minimum atomic E-state index is -3.82. The SMILES string of the molecule is CC1CC(C)CN(S(=O)(=O)N[C@@H](CCO)C(=O)O)C1.